The smallest absolute Gasteiger partial charge is 0.151 e. The highest BCUT2D eigenvalue weighted by Crippen LogP contribution is 2.24. The van der Waals surface area contributed by atoms with Crippen molar-refractivity contribution in [2.45, 2.75) is 13.8 Å². The zero-order valence-corrected chi connectivity index (χ0v) is 13.2. The van der Waals surface area contributed by atoms with Crippen molar-refractivity contribution in [3.8, 4) is 0 Å². The highest BCUT2D eigenvalue weighted by molar-refractivity contribution is 9.10. The van der Waals surface area contributed by atoms with Gasteiger partial charge in [-0.2, -0.15) is 0 Å². The number of rotatable bonds is 4. The van der Waals surface area contributed by atoms with Crippen molar-refractivity contribution in [3.63, 3.8) is 0 Å². The predicted molar refractivity (Wildman–Crippen MR) is 83.0 cm³/mol. The lowest BCUT2D eigenvalue weighted by molar-refractivity contribution is 0.112. The molecule has 4 heteroatoms. The summed E-state index contributed by atoms with van der Waals surface area (Å²) in [7, 11) is 0. The van der Waals surface area contributed by atoms with E-state index in [0.717, 1.165) is 42.9 Å². The Morgan fingerprint density at radius 3 is 2.47 bits per heavy atom. The molecule has 0 spiro atoms. The summed E-state index contributed by atoms with van der Waals surface area (Å²) in [5, 5.41) is 0. The first-order valence-electron chi connectivity index (χ1n) is 6.82. The van der Waals surface area contributed by atoms with E-state index >= 15 is 0 Å². The van der Waals surface area contributed by atoms with E-state index in [0.29, 0.717) is 5.56 Å². The van der Waals surface area contributed by atoms with Gasteiger partial charge in [-0.15, -0.1) is 0 Å². The Hall–Kier alpha value is -0.870. The van der Waals surface area contributed by atoms with Gasteiger partial charge in [0.05, 0.1) is 0 Å². The lowest BCUT2D eigenvalue weighted by atomic mass is 10.1. The number of piperazine rings is 1. The van der Waals surface area contributed by atoms with Gasteiger partial charge in [-0.25, -0.2) is 0 Å². The van der Waals surface area contributed by atoms with Gasteiger partial charge < -0.3 is 4.90 Å². The third-order valence-corrected chi connectivity index (χ3v) is 4.16. The molecule has 1 aromatic carbocycles. The number of hydrogen-bond donors (Lipinski definition) is 0. The first-order chi connectivity index (χ1) is 9.10. The van der Waals surface area contributed by atoms with Gasteiger partial charge >= 0.3 is 0 Å². The number of aldehydes is 1. The van der Waals surface area contributed by atoms with Crippen LogP contribution in [-0.2, 0) is 0 Å². The second-order valence-electron chi connectivity index (χ2n) is 5.51. The summed E-state index contributed by atoms with van der Waals surface area (Å²) in [6.07, 6.45) is 0.883. The molecule has 3 nitrogen and oxygen atoms in total. The standard InChI is InChI=1S/C15H21BrN2O/c1-12(2)10-17-5-7-18(8-6-17)14-4-3-13(11-19)15(16)9-14/h3-4,9,11-12H,5-8,10H2,1-2H3. The fraction of sp³-hybridized carbons (Fsp3) is 0.533. The second kappa shape index (κ2) is 6.53. The molecule has 1 aliphatic rings. The SMILES string of the molecule is CC(C)CN1CCN(c2ccc(C=O)c(Br)c2)CC1. The first-order valence-corrected chi connectivity index (χ1v) is 7.61. The lowest BCUT2D eigenvalue weighted by Gasteiger charge is -2.37. The third kappa shape index (κ3) is 3.80. The van der Waals surface area contributed by atoms with Crippen LogP contribution in [-0.4, -0.2) is 43.9 Å². The Labute approximate surface area is 123 Å². The lowest BCUT2D eigenvalue weighted by Crippen LogP contribution is -2.47. The van der Waals surface area contributed by atoms with Crippen LogP contribution in [0.4, 0.5) is 5.69 Å². The van der Waals surface area contributed by atoms with Crippen molar-refractivity contribution in [2.24, 2.45) is 5.92 Å². The zero-order chi connectivity index (χ0) is 13.8. The van der Waals surface area contributed by atoms with E-state index in [9.17, 15) is 4.79 Å². The normalized spacial score (nSPS) is 16.9. The van der Waals surface area contributed by atoms with E-state index < -0.39 is 0 Å². The first kappa shape index (κ1) is 14.5. The Morgan fingerprint density at radius 2 is 1.95 bits per heavy atom. The van der Waals surface area contributed by atoms with Gasteiger partial charge in [0.2, 0.25) is 0 Å². The largest absolute Gasteiger partial charge is 0.369 e. The van der Waals surface area contributed by atoms with Crippen LogP contribution in [0.15, 0.2) is 22.7 Å². The molecule has 1 aromatic rings. The molecule has 1 fully saturated rings. The molecule has 1 saturated heterocycles. The molecule has 0 amide bonds. The summed E-state index contributed by atoms with van der Waals surface area (Å²) in [4.78, 5) is 15.7. The van der Waals surface area contributed by atoms with E-state index in [-0.39, 0.29) is 0 Å². The van der Waals surface area contributed by atoms with Crippen LogP contribution in [0.2, 0.25) is 0 Å². The number of halogens is 1. The van der Waals surface area contributed by atoms with Gasteiger partial charge in [-0.05, 0) is 40.0 Å². The van der Waals surface area contributed by atoms with Gasteiger partial charge in [0.25, 0.3) is 0 Å². The fourth-order valence-corrected chi connectivity index (χ4v) is 2.97. The van der Waals surface area contributed by atoms with Crippen LogP contribution in [0.25, 0.3) is 0 Å². The molecule has 19 heavy (non-hydrogen) atoms. The molecule has 0 unspecified atom stereocenters. The minimum absolute atomic E-state index is 0.710. The quantitative estimate of drug-likeness (QED) is 0.795. The minimum atomic E-state index is 0.710. The van der Waals surface area contributed by atoms with E-state index in [1.54, 1.807) is 0 Å². The summed E-state index contributed by atoms with van der Waals surface area (Å²) in [6, 6.07) is 5.96. The minimum Gasteiger partial charge on any atom is -0.369 e. The Kier molecular flexibility index (Phi) is 4.99. The van der Waals surface area contributed by atoms with Crippen LogP contribution in [0.5, 0.6) is 0 Å². The van der Waals surface area contributed by atoms with Crippen molar-refractivity contribution in [2.75, 3.05) is 37.6 Å². The Balaban J connectivity index is 1.97. The molecule has 0 aromatic heterocycles. The maximum Gasteiger partial charge on any atom is 0.151 e. The monoisotopic (exact) mass is 324 g/mol. The number of hydrogen-bond acceptors (Lipinski definition) is 3. The average molecular weight is 325 g/mol. The van der Waals surface area contributed by atoms with Crippen LogP contribution in [0.3, 0.4) is 0 Å². The molecule has 104 valence electrons. The number of anilines is 1. The second-order valence-corrected chi connectivity index (χ2v) is 6.36. The highest BCUT2D eigenvalue weighted by atomic mass is 79.9. The van der Waals surface area contributed by atoms with E-state index in [1.807, 2.05) is 18.2 Å². The summed E-state index contributed by atoms with van der Waals surface area (Å²) >= 11 is 3.45. The molecular formula is C15H21BrN2O. The van der Waals surface area contributed by atoms with Gasteiger partial charge in [0, 0.05) is 48.4 Å². The Bertz CT molecular complexity index is 440. The average Bonchev–Trinajstić information content (AvgIpc) is 2.39. The molecule has 0 N–H and O–H groups in total. The van der Waals surface area contributed by atoms with Crippen LogP contribution < -0.4 is 4.90 Å². The summed E-state index contributed by atoms with van der Waals surface area (Å²) in [5.74, 6) is 0.729. The van der Waals surface area contributed by atoms with Gasteiger partial charge in [0.15, 0.2) is 6.29 Å². The van der Waals surface area contributed by atoms with E-state index in [1.165, 1.54) is 12.2 Å². The molecule has 0 saturated carbocycles. The van der Waals surface area contributed by atoms with Gasteiger partial charge in [0.1, 0.15) is 0 Å². The summed E-state index contributed by atoms with van der Waals surface area (Å²) < 4.78 is 0.879. The highest BCUT2D eigenvalue weighted by Gasteiger charge is 2.18. The molecule has 1 heterocycles. The fourth-order valence-electron chi connectivity index (χ4n) is 2.51. The predicted octanol–water partition coefficient (Wildman–Crippen LogP) is 3.04. The maximum absolute atomic E-state index is 10.8. The maximum atomic E-state index is 10.8. The van der Waals surface area contributed by atoms with Crippen LogP contribution >= 0.6 is 15.9 Å². The number of carbonyl (C=O) groups excluding carboxylic acids is 1. The van der Waals surface area contributed by atoms with Crippen molar-refractivity contribution >= 4 is 27.9 Å². The molecule has 0 bridgehead atoms. The van der Waals surface area contributed by atoms with Crippen molar-refractivity contribution < 1.29 is 4.79 Å². The number of benzene rings is 1. The zero-order valence-electron chi connectivity index (χ0n) is 11.6. The van der Waals surface area contributed by atoms with Crippen LogP contribution in [0.1, 0.15) is 24.2 Å². The van der Waals surface area contributed by atoms with E-state index in [4.69, 9.17) is 0 Å². The molecule has 2 rings (SSSR count). The summed E-state index contributed by atoms with van der Waals surface area (Å²) in [5.41, 5.74) is 1.91. The number of carbonyl (C=O) groups is 1. The topological polar surface area (TPSA) is 23.6 Å². The molecule has 0 radical (unpaired) electrons. The Morgan fingerprint density at radius 1 is 1.26 bits per heavy atom. The third-order valence-electron chi connectivity index (χ3n) is 3.47. The van der Waals surface area contributed by atoms with Gasteiger partial charge in [-0.3, -0.25) is 9.69 Å². The van der Waals surface area contributed by atoms with Crippen molar-refractivity contribution in [1.82, 2.24) is 4.90 Å². The van der Waals surface area contributed by atoms with Crippen molar-refractivity contribution in [3.05, 3.63) is 28.2 Å². The van der Waals surface area contributed by atoms with Crippen LogP contribution in [0, 0.1) is 5.92 Å². The summed E-state index contributed by atoms with van der Waals surface area (Å²) in [6.45, 7) is 10.1. The molecule has 0 atom stereocenters. The van der Waals surface area contributed by atoms with E-state index in [2.05, 4.69) is 39.6 Å². The van der Waals surface area contributed by atoms with Gasteiger partial charge in [-0.1, -0.05) is 13.8 Å². The molecular weight excluding hydrogens is 304 g/mol. The molecule has 0 aliphatic carbocycles. The number of nitrogens with zero attached hydrogens (tertiary/aromatic N) is 2. The van der Waals surface area contributed by atoms with Crippen molar-refractivity contribution in [1.29, 1.82) is 0 Å². The molecule has 1 aliphatic heterocycles.